The molecule has 4 aliphatic carbocycles. The SMILES string of the molecule is CCC1C(=O)C2C(CC[C@]3(C)C(CCC(C(=O)OC)C(=O)OC)CCC23)C2(C)CCC(=O)CC12. The number of hydrogen-bond acceptors (Lipinski definition) is 6. The van der Waals surface area contributed by atoms with Crippen LogP contribution in [0.15, 0.2) is 0 Å². The zero-order valence-electron chi connectivity index (χ0n) is 21.6. The summed E-state index contributed by atoms with van der Waals surface area (Å²) < 4.78 is 9.70. The van der Waals surface area contributed by atoms with Gasteiger partial charge >= 0.3 is 11.9 Å². The standard InChI is InChI=1S/C28H42O6/c1-6-18-22-15-17(29)11-13-28(22,3)21-12-14-27(2)16(8-10-20(27)23(21)24(18)30)7-9-19(25(31)33-4)26(32)34-5/h16,18-23H,6-15H2,1-5H3/t16?,18?,20?,21?,22?,23?,27-,28?/m1/s1. The second-order valence-corrected chi connectivity index (χ2v) is 12.0. The van der Waals surface area contributed by atoms with E-state index in [0.29, 0.717) is 48.6 Å². The summed E-state index contributed by atoms with van der Waals surface area (Å²) in [6.45, 7) is 6.84. The third-order valence-corrected chi connectivity index (χ3v) is 10.9. The van der Waals surface area contributed by atoms with Gasteiger partial charge in [-0.15, -0.1) is 0 Å². The topological polar surface area (TPSA) is 86.7 Å². The summed E-state index contributed by atoms with van der Waals surface area (Å²) in [5, 5.41) is 0. The highest BCUT2D eigenvalue weighted by Gasteiger charge is 2.64. The van der Waals surface area contributed by atoms with E-state index in [0.717, 1.165) is 44.9 Å². The van der Waals surface area contributed by atoms with Crippen molar-refractivity contribution in [2.45, 2.75) is 85.0 Å². The average Bonchev–Trinajstić information content (AvgIpc) is 3.16. The van der Waals surface area contributed by atoms with Crippen LogP contribution in [0.1, 0.15) is 85.0 Å². The van der Waals surface area contributed by atoms with Crippen molar-refractivity contribution in [2.24, 2.45) is 52.3 Å². The number of ether oxygens (including phenoxy) is 2. The van der Waals surface area contributed by atoms with Crippen molar-refractivity contribution < 1.29 is 28.7 Å². The molecule has 34 heavy (non-hydrogen) atoms. The lowest BCUT2D eigenvalue weighted by Gasteiger charge is -2.61. The van der Waals surface area contributed by atoms with Gasteiger partial charge in [0.15, 0.2) is 5.92 Å². The van der Waals surface area contributed by atoms with E-state index < -0.39 is 17.9 Å². The van der Waals surface area contributed by atoms with Gasteiger partial charge in [0.1, 0.15) is 11.6 Å². The third kappa shape index (κ3) is 3.83. The summed E-state index contributed by atoms with van der Waals surface area (Å²) in [6, 6.07) is 0. The Morgan fingerprint density at radius 3 is 2.21 bits per heavy atom. The Hall–Kier alpha value is -1.72. The highest BCUT2D eigenvalue weighted by Crippen LogP contribution is 2.68. The van der Waals surface area contributed by atoms with Crippen LogP contribution in [0.3, 0.4) is 0 Å². The number of methoxy groups -OCH3 is 2. The minimum Gasteiger partial charge on any atom is -0.468 e. The molecule has 4 rings (SSSR count). The lowest BCUT2D eigenvalue weighted by atomic mass is 9.42. The van der Waals surface area contributed by atoms with E-state index in [1.807, 2.05) is 0 Å². The molecule has 0 heterocycles. The molecule has 0 aliphatic heterocycles. The summed E-state index contributed by atoms with van der Waals surface area (Å²) in [7, 11) is 2.61. The van der Waals surface area contributed by atoms with Crippen LogP contribution < -0.4 is 0 Å². The number of carbonyl (C=O) groups is 4. The second-order valence-electron chi connectivity index (χ2n) is 12.0. The van der Waals surface area contributed by atoms with Crippen LogP contribution in [-0.4, -0.2) is 37.7 Å². The molecule has 6 heteroatoms. The molecular weight excluding hydrogens is 432 g/mol. The molecule has 4 fully saturated rings. The predicted octanol–water partition coefficient (Wildman–Crippen LogP) is 4.77. The zero-order chi connectivity index (χ0) is 24.8. The third-order valence-electron chi connectivity index (χ3n) is 10.9. The summed E-state index contributed by atoms with van der Waals surface area (Å²) >= 11 is 0. The number of fused-ring (bicyclic) bond motifs is 5. The fraction of sp³-hybridized carbons (Fsp3) is 0.857. The van der Waals surface area contributed by atoms with E-state index in [4.69, 9.17) is 9.47 Å². The fourth-order valence-electron chi connectivity index (χ4n) is 9.01. The molecule has 6 nitrogen and oxygen atoms in total. The number of rotatable bonds is 6. The zero-order valence-corrected chi connectivity index (χ0v) is 21.6. The Labute approximate surface area is 203 Å². The van der Waals surface area contributed by atoms with Crippen molar-refractivity contribution in [3.05, 3.63) is 0 Å². The van der Waals surface area contributed by atoms with Gasteiger partial charge in [0.05, 0.1) is 14.2 Å². The molecule has 0 aromatic carbocycles. The van der Waals surface area contributed by atoms with Gasteiger partial charge in [-0.3, -0.25) is 19.2 Å². The minimum atomic E-state index is -0.880. The minimum absolute atomic E-state index is 0.0000654. The predicted molar refractivity (Wildman–Crippen MR) is 127 cm³/mol. The Morgan fingerprint density at radius 2 is 1.59 bits per heavy atom. The Morgan fingerprint density at radius 1 is 0.941 bits per heavy atom. The Balaban J connectivity index is 1.56. The van der Waals surface area contributed by atoms with Crippen molar-refractivity contribution in [1.29, 1.82) is 0 Å². The molecule has 0 N–H and O–H groups in total. The maximum atomic E-state index is 14.0. The molecular formula is C28H42O6. The molecule has 0 radical (unpaired) electrons. The average molecular weight is 475 g/mol. The quantitative estimate of drug-likeness (QED) is 0.407. The van der Waals surface area contributed by atoms with E-state index in [-0.39, 0.29) is 28.6 Å². The van der Waals surface area contributed by atoms with Gasteiger partial charge in [0.25, 0.3) is 0 Å². The number of ketones is 2. The lowest BCUT2D eigenvalue weighted by molar-refractivity contribution is -0.169. The van der Waals surface area contributed by atoms with Gasteiger partial charge in [-0.25, -0.2) is 0 Å². The van der Waals surface area contributed by atoms with E-state index in [2.05, 4.69) is 20.8 Å². The highest BCUT2D eigenvalue weighted by molar-refractivity contribution is 5.94. The Bertz CT molecular complexity index is 834. The molecule has 4 saturated carbocycles. The van der Waals surface area contributed by atoms with Crippen LogP contribution in [0.2, 0.25) is 0 Å². The number of carbonyl (C=O) groups excluding carboxylic acids is 4. The fourth-order valence-corrected chi connectivity index (χ4v) is 9.01. The molecule has 7 unspecified atom stereocenters. The van der Waals surface area contributed by atoms with Crippen molar-refractivity contribution >= 4 is 23.5 Å². The van der Waals surface area contributed by atoms with Crippen LogP contribution in [0.25, 0.3) is 0 Å². The van der Waals surface area contributed by atoms with Crippen molar-refractivity contribution in [1.82, 2.24) is 0 Å². The van der Waals surface area contributed by atoms with Crippen LogP contribution in [0, 0.1) is 52.3 Å². The summed E-state index contributed by atoms with van der Waals surface area (Å²) in [5.41, 5.74) is 0.118. The van der Waals surface area contributed by atoms with Crippen molar-refractivity contribution in [3.63, 3.8) is 0 Å². The van der Waals surface area contributed by atoms with Crippen LogP contribution in [-0.2, 0) is 28.7 Å². The smallest absolute Gasteiger partial charge is 0.320 e. The molecule has 4 aliphatic rings. The summed E-state index contributed by atoms with van der Waals surface area (Å²) in [6.07, 6.45) is 8.35. The molecule has 0 aromatic rings. The first kappa shape index (κ1) is 25.4. The number of Topliss-reactive ketones (excluding diaryl/α,β-unsaturated/α-hetero) is 2. The normalized spacial score (nSPS) is 41.5. The lowest BCUT2D eigenvalue weighted by Crippen LogP contribution is -2.60. The van der Waals surface area contributed by atoms with Gasteiger partial charge in [-0.1, -0.05) is 20.8 Å². The number of hydrogen-bond donors (Lipinski definition) is 0. The van der Waals surface area contributed by atoms with Crippen LogP contribution >= 0.6 is 0 Å². The Kier molecular flexibility index (Phi) is 7.00. The van der Waals surface area contributed by atoms with Crippen LogP contribution in [0.4, 0.5) is 0 Å². The van der Waals surface area contributed by atoms with E-state index in [1.165, 1.54) is 14.2 Å². The molecule has 190 valence electrons. The molecule has 0 saturated heterocycles. The second kappa shape index (κ2) is 9.39. The van der Waals surface area contributed by atoms with E-state index in [9.17, 15) is 19.2 Å². The van der Waals surface area contributed by atoms with Gasteiger partial charge in [0, 0.05) is 24.7 Å². The molecule has 0 amide bonds. The first-order chi connectivity index (χ1) is 16.1. The van der Waals surface area contributed by atoms with E-state index in [1.54, 1.807) is 0 Å². The van der Waals surface area contributed by atoms with Gasteiger partial charge in [-0.2, -0.15) is 0 Å². The first-order valence-electron chi connectivity index (χ1n) is 13.3. The first-order valence-corrected chi connectivity index (χ1v) is 13.3. The van der Waals surface area contributed by atoms with E-state index >= 15 is 0 Å². The molecule has 8 atom stereocenters. The van der Waals surface area contributed by atoms with Gasteiger partial charge in [0.2, 0.25) is 0 Å². The molecule has 0 aromatic heterocycles. The van der Waals surface area contributed by atoms with Gasteiger partial charge in [-0.05, 0) is 85.9 Å². The monoisotopic (exact) mass is 474 g/mol. The molecule has 0 bridgehead atoms. The molecule has 0 spiro atoms. The summed E-state index contributed by atoms with van der Waals surface area (Å²) in [5.74, 6) is 0.191. The summed E-state index contributed by atoms with van der Waals surface area (Å²) in [4.78, 5) is 50.7. The highest BCUT2D eigenvalue weighted by atomic mass is 16.5. The largest absolute Gasteiger partial charge is 0.468 e. The van der Waals surface area contributed by atoms with Gasteiger partial charge < -0.3 is 9.47 Å². The van der Waals surface area contributed by atoms with Crippen molar-refractivity contribution in [2.75, 3.05) is 14.2 Å². The number of esters is 2. The van der Waals surface area contributed by atoms with Crippen LogP contribution in [0.5, 0.6) is 0 Å². The maximum Gasteiger partial charge on any atom is 0.320 e. The van der Waals surface area contributed by atoms with Crippen molar-refractivity contribution in [3.8, 4) is 0 Å². The maximum absolute atomic E-state index is 14.0.